The van der Waals surface area contributed by atoms with E-state index >= 15 is 0 Å². The summed E-state index contributed by atoms with van der Waals surface area (Å²) >= 11 is 0. The second-order valence-electron chi connectivity index (χ2n) is 5.46. The third-order valence-corrected chi connectivity index (χ3v) is 3.97. The lowest BCUT2D eigenvalue weighted by atomic mass is 9.93. The van der Waals surface area contributed by atoms with Gasteiger partial charge >= 0.3 is 0 Å². The predicted molar refractivity (Wildman–Crippen MR) is 86.0 cm³/mol. The van der Waals surface area contributed by atoms with Crippen LogP contribution in [0.15, 0.2) is 18.3 Å². The van der Waals surface area contributed by atoms with Gasteiger partial charge in [-0.1, -0.05) is 13.0 Å². The lowest BCUT2D eigenvalue weighted by Crippen LogP contribution is -2.19. The summed E-state index contributed by atoms with van der Waals surface area (Å²) in [5.41, 5.74) is 6.04. The highest BCUT2D eigenvalue weighted by Crippen LogP contribution is 2.31. The maximum absolute atomic E-state index is 5.41. The molecular weight excluding hydrogens is 262 g/mol. The zero-order valence-corrected chi connectivity index (χ0v) is 13.8. The minimum absolute atomic E-state index is 0.151. The molecule has 0 saturated carbocycles. The van der Waals surface area contributed by atoms with Crippen molar-refractivity contribution in [1.29, 1.82) is 0 Å². The van der Waals surface area contributed by atoms with Crippen LogP contribution < -0.4 is 10.1 Å². The first kappa shape index (κ1) is 15.6. The number of nitrogens with zero attached hydrogens (tertiary/aromatic N) is 2. The molecule has 0 fully saturated rings. The average Bonchev–Trinajstić information content (AvgIpc) is 2.84. The summed E-state index contributed by atoms with van der Waals surface area (Å²) in [5.74, 6) is 0.938. The molecule has 0 amide bonds. The molecule has 0 saturated heterocycles. The number of aryl methyl sites for hydroxylation is 4. The fraction of sp³-hybridized carbons (Fsp3) is 0.471. The maximum Gasteiger partial charge on any atom is 0.122 e. The van der Waals surface area contributed by atoms with Crippen LogP contribution in [-0.2, 0) is 13.5 Å². The van der Waals surface area contributed by atoms with Gasteiger partial charge in [0.1, 0.15) is 5.75 Å². The summed E-state index contributed by atoms with van der Waals surface area (Å²) in [6.45, 7) is 6.35. The smallest absolute Gasteiger partial charge is 0.122 e. The molecule has 0 aliphatic rings. The van der Waals surface area contributed by atoms with Gasteiger partial charge in [0.05, 0.1) is 18.8 Å². The lowest BCUT2D eigenvalue weighted by Gasteiger charge is -2.20. The van der Waals surface area contributed by atoms with Crippen LogP contribution >= 0.6 is 0 Å². The minimum atomic E-state index is 0.151. The van der Waals surface area contributed by atoms with Crippen molar-refractivity contribution in [3.63, 3.8) is 0 Å². The van der Waals surface area contributed by atoms with Crippen LogP contribution in [0.4, 0.5) is 0 Å². The molecule has 0 aliphatic carbocycles. The third-order valence-electron chi connectivity index (χ3n) is 3.97. The Kier molecular flexibility index (Phi) is 4.68. The van der Waals surface area contributed by atoms with Crippen molar-refractivity contribution in [3.05, 3.63) is 46.3 Å². The van der Waals surface area contributed by atoms with Crippen LogP contribution in [-0.4, -0.2) is 23.9 Å². The Balaban J connectivity index is 2.53. The Morgan fingerprint density at radius 3 is 2.52 bits per heavy atom. The predicted octanol–water partition coefficient (Wildman–Crippen LogP) is 2.92. The number of aromatic nitrogens is 2. The monoisotopic (exact) mass is 287 g/mol. The molecule has 1 unspecified atom stereocenters. The molecule has 0 aliphatic heterocycles. The second-order valence-corrected chi connectivity index (χ2v) is 5.46. The lowest BCUT2D eigenvalue weighted by molar-refractivity contribution is 0.411. The van der Waals surface area contributed by atoms with Crippen molar-refractivity contribution < 1.29 is 4.74 Å². The second kappa shape index (κ2) is 6.31. The van der Waals surface area contributed by atoms with Crippen molar-refractivity contribution >= 4 is 0 Å². The SMILES string of the molecule is CCc1nn(C)cc1C(NC)c1cc(C)c(OC)cc1C. The average molecular weight is 287 g/mol. The number of benzene rings is 1. The molecule has 0 radical (unpaired) electrons. The van der Waals surface area contributed by atoms with Crippen LogP contribution in [0.5, 0.6) is 5.75 Å². The first-order chi connectivity index (χ1) is 10.0. The van der Waals surface area contributed by atoms with Gasteiger partial charge in [-0.2, -0.15) is 5.10 Å². The van der Waals surface area contributed by atoms with Crippen molar-refractivity contribution in [2.75, 3.05) is 14.2 Å². The van der Waals surface area contributed by atoms with Crippen molar-refractivity contribution in [2.45, 2.75) is 33.2 Å². The molecule has 1 atom stereocenters. The van der Waals surface area contributed by atoms with E-state index in [4.69, 9.17) is 4.74 Å². The summed E-state index contributed by atoms with van der Waals surface area (Å²) in [6, 6.07) is 4.47. The largest absolute Gasteiger partial charge is 0.496 e. The summed E-state index contributed by atoms with van der Waals surface area (Å²) in [6.07, 6.45) is 3.04. The number of hydrogen-bond donors (Lipinski definition) is 1. The molecule has 2 aromatic rings. The molecule has 4 nitrogen and oxygen atoms in total. The van der Waals surface area contributed by atoms with Gasteiger partial charge in [-0.05, 0) is 50.1 Å². The number of ether oxygens (including phenoxy) is 1. The maximum atomic E-state index is 5.41. The van der Waals surface area contributed by atoms with E-state index in [1.54, 1.807) is 7.11 Å². The van der Waals surface area contributed by atoms with E-state index in [-0.39, 0.29) is 6.04 Å². The zero-order chi connectivity index (χ0) is 15.6. The molecular formula is C17H25N3O. The van der Waals surface area contributed by atoms with Crippen LogP contribution in [0, 0.1) is 13.8 Å². The Morgan fingerprint density at radius 1 is 1.24 bits per heavy atom. The fourth-order valence-corrected chi connectivity index (χ4v) is 2.89. The molecule has 1 aromatic heterocycles. The van der Waals surface area contributed by atoms with Gasteiger partial charge in [-0.3, -0.25) is 4.68 Å². The van der Waals surface area contributed by atoms with Crippen LogP contribution in [0.2, 0.25) is 0 Å². The number of rotatable bonds is 5. The quantitative estimate of drug-likeness (QED) is 0.919. The number of methoxy groups -OCH3 is 1. The van der Waals surface area contributed by atoms with E-state index in [2.05, 4.69) is 49.5 Å². The molecule has 114 valence electrons. The molecule has 0 spiro atoms. The Bertz CT molecular complexity index is 631. The normalized spacial score (nSPS) is 12.5. The van der Waals surface area contributed by atoms with Crippen molar-refractivity contribution in [1.82, 2.24) is 15.1 Å². The van der Waals surface area contributed by atoms with E-state index in [1.807, 2.05) is 18.8 Å². The highest BCUT2D eigenvalue weighted by molar-refractivity contribution is 5.46. The van der Waals surface area contributed by atoms with E-state index in [0.29, 0.717) is 0 Å². The standard InChI is InChI=1S/C17H25N3O/c1-7-15-14(10-20(5)19-15)17(18-4)13-8-12(3)16(21-6)9-11(13)2/h8-10,17-18H,7H2,1-6H3. The highest BCUT2D eigenvalue weighted by atomic mass is 16.5. The van der Waals surface area contributed by atoms with Gasteiger partial charge in [0.25, 0.3) is 0 Å². The Hall–Kier alpha value is -1.81. The summed E-state index contributed by atoms with van der Waals surface area (Å²) in [5, 5.41) is 8.00. The Morgan fingerprint density at radius 2 is 1.95 bits per heavy atom. The van der Waals surface area contributed by atoms with Crippen molar-refractivity contribution in [2.24, 2.45) is 7.05 Å². The summed E-state index contributed by atoms with van der Waals surface area (Å²) in [7, 11) is 5.69. The number of hydrogen-bond acceptors (Lipinski definition) is 3. The van der Waals surface area contributed by atoms with E-state index < -0.39 is 0 Å². The Labute approximate surface area is 127 Å². The van der Waals surface area contributed by atoms with Gasteiger partial charge < -0.3 is 10.1 Å². The van der Waals surface area contributed by atoms with Gasteiger partial charge in [0, 0.05) is 18.8 Å². The van der Waals surface area contributed by atoms with Crippen LogP contribution in [0.25, 0.3) is 0 Å². The third kappa shape index (κ3) is 2.95. The number of nitrogens with one attached hydrogen (secondary N) is 1. The van der Waals surface area contributed by atoms with Gasteiger partial charge in [0.15, 0.2) is 0 Å². The zero-order valence-electron chi connectivity index (χ0n) is 13.8. The van der Waals surface area contributed by atoms with Crippen LogP contribution in [0.1, 0.15) is 40.9 Å². The van der Waals surface area contributed by atoms with E-state index in [0.717, 1.165) is 23.4 Å². The molecule has 1 heterocycles. The van der Waals surface area contributed by atoms with E-state index in [9.17, 15) is 0 Å². The van der Waals surface area contributed by atoms with Crippen LogP contribution in [0.3, 0.4) is 0 Å². The molecule has 0 bridgehead atoms. The highest BCUT2D eigenvalue weighted by Gasteiger charge is 2.20. The first-order valence-corrected chi connectivity index (χ1v) is 7.36. The molecule has 4 heteroatoms. The van der Waals surface area contributed by atoms with Crippen molar-refractivity contribution in [3.8, 4) is 5.75 Å². The fourth-order valence-electron chi connectivity index (χ4n) is 2.89. The summed E-state index contributed by atoms with van der Waals surface area (Å²) < 4.78 is 7.31. The molecule has 1 N–H and O–H groups in total. The summed E-state index contributed by atoms with van der Waals surface area (Å²) in [4.78, 5) is 0. The molecule has 21 heavy (non-hydrogen) atoms. The minimum Gasteiger partial charge on any atom is -0.496 e. The molecule has 1 aromatic carbocycles. The van der Waals surface area contributed by atoms with E-state index in [1.165, 1.54) is 16.7 Å². The molecule has 2 rings (SSSR count). The topological polar surface area (TPSA) is 39.1 Å². The van der Waals surface area contributed by atoms with Gasteiger partial charge in [-0.15, -0.1) is 0 Å². The first-order valence-electron chi connectivity index (χ1n) is 7.36. The van der Waals surface area contributed by atoms with Gasteiger partial charge in [-0.25, -0.2) is 0 Å². The van der Waals surface area contributed by atoms with Gasteiger partial charge in [0.2, 0.25) is 0 Å².